The first kappa shape index (κ1) is 33.4. The van der Waals surface area contributed by atoms with Gasteiger partial charge in [0.25, 0.3) is 0 Å². The number of carbonyl (C=O) groups is 1. The maximum Gasteiger partial charge on any atom is 0.303 e. The van der Waals surface area contributed by atoms with Crippen LogP contribution in [0, 0.1) is 22.9 Å². The molecule has 0 aliphatic carbocycles. The molecule has 0 spiro atoms. The lowest BCUT2D eigenvalue weighted by atomic mass is 9.71. The molecule has 2 aromatic carbocycles. The minimum absolute atomic E-state index is 0.0397. The second-order valence-electron chi connectivity index (χ2n) is 11.9. The zero-order chi connectivity index (χ0) is 32.0. The number of halogens is 4. The third-order valence-corrected chi connectivity index (χ3v) is 9.97. The Balaban J connectivity index is 1.26. The summed E-state index contributed by atoms with van der Waals surface area (Å²) in [5.74, 6) is -3.66. The van der Waals surface area contributed by atoms with Gasteiger partial charge in [-0.15, -0.1) is 11.8 Å². The van der Waals surface area contributed by atoms with Crippen molar-refractivity contribution in [2.45, 2.75) is 49.7 Å². The van der Waals surface area contributed by atoms with Gasteiger partial charge in [-0.2, -0.15) is 0 Å². The molecule has 2 saturated heterocycles. The average Bonchev–Trinajstić information content (AvgIpc) is 3.03. The van der Waals surface area contributed by atoms with E-state index >= 15 is 4.39 Å². The van der Waals surface area contributed by atoms with Crippen LogP contribution in [0.5, 0.6) is 5.75 Å². The number of methoxy groups -OCH3 is 1. The monoisotopic (exact) mass is 649 g/mol. The van der Waals surface area contributed by atoms with Crippen LogP contribution < -0.4 is 4.74 Å². The highest BCUT2D eigenvalue weighted by atomic mass is 32.2. The molecule has 1 aromatic heterocycles. The zero-order valence-corrected chi connectivity index (χ0v) is 26.2. The summed E-state index contributed by atoms with van der Waals surface area (Å²) in [7, 11) is 1.57. The topological polar surface area (TPSA) is 75.1 Å². The van der Waals surface area contributed by atoms with Gasteiger partial charge in [-0.3, -0.25) is 14.7 Å². The highest BCUT2D eigenvalue weighted by Crippen LogP contribution is 2.43. The fourth-order valence-corrected chi connectivity index (χ4v) is 7.39. The Hall–Kier alpha value is -2.93. The third kappa shape index (κ3) is 8.46. The number of pyridine rings is 1. The molecule has 2 aliphatic rings. The van der Waals surface area contributed by atoms with Gasteiger partial charge in [0.05, 0.1) is 32.3 Å². The van der Waals surface area contributed by atoms with Gasteiger partial charge in [0.15, 0.2) is 17.5 Å². The van der Waals surface area contributed by atoms with Crippen molar-refractivity contribution in [3.8, 4) is 5.75 Å². The summed E-state index contributed by atoms with van der Waals surface area (Å²) in [4.78, 5) is 21.3. The van der Waals surface area contributed by atoms with Crippen LogP contribution in [0.3, 0.4) is 0 Å². The molecule has 244 valence electrons. The number of thioether (sulfide) groups is 1. The van der Waals surface area contributed by atoms with E-state index in [4.69, 9.17) is 9.47 Å². The van der Waals surface area contributed by atoms with E-state index in [-0.39, 0.29) is 12.8 Å². The summed E-state index contributed by atoms with van der Waals surface area (Å²) >= 11 is 1.23. The molecule has 0 radical (unpaired) electrons. The molecule has 0 saturated carbocycles. The molecule has 1 N–H and O–H groups in total. The lowest BCUT2D eigenvalue weighted by Gasteiger charge is -2.41. The minimum atomic E-state index is -1.48. The summed E-state index contributed by atoms with van der Waals surface area (Å²) in [6.45, 7) is 5.19. The zero-order valence-electron chi connectivity index (χ0n) is 25.4. The molecule has 3 aromatic rings. The van der Waals surface area contributed by atoms with E-state index < -0.39 is 35.0 Å². The summed E-state index contributed by atoms with van der Waals surface area (Å²) < 4.78 is 67.8. The van der Waals surface area contributed by atoms with Gasteiger partial charge in [0, 0.05) is 54.0 Å². The highest BCUT2D eigenvalue weighted by molar-refractivity contribution is 7.99. The smallest absolute Gasteiger partial charge is 0.303 e. The van der Waals surface area contributed by atoms with E-state index in [1.807, 2.05) is 12.1 Å². The standard InChI is InChI=1S/C33H39F4N3O4S/c1-43-23-2-3-29-25(16-23)31(22(20-38-29)21-40-10-13-44-14-11-40)26(34)4-5-33(19-30(41)42)6-8-39(9-7-33)12-15-45-24-17-27(35)32(37)28(36)18-24/h2-3,16-18,20,26H,4-15,19,21H2,1H3,(H,41,42)/t26-/m1/s1. The van der Waals surface area contributed by atoms with Gasteiger partial charge in [-0.25, -0.2) is 17.6 Å². The van der Waals surface area contributed by atoms with Gasteiger partial charge >= 0.3 is 5.97 Å². The molecular weight excluding hydrogens is 610 g/mol. The molecule has 7 nitrogen and oxygen atoms in total. The summed E-state index contributed by atoms with van der Waals surface area (Å²) in [5.41, 5.74) is 1.52. The Morgan fingerprint density at radius 3 is 2.47 bits per heavy atom. The van der Waals surface area contributed by atoms with Gasteiger partial charge in [-0.1, -0.05) is 0 Å². The molecule has 0 bridgehead atoms. The van der Waals surface area contributed by atoms with Crippen LogP contribution in [0.25, 0.3) is 10.9 Å². The van der Waals surface area contributed by atoms with Crippen molar-refractivity contribution in [3.05, 3.63) is 65.1 Å². The number of alkyl halides is 1. The summed E-state index contributed by atoms with van der Waals surface area (Å²) in [6, 6.07) is 7.42. The second kappa shape index (κ2) is 15.1. The molecule has 0 amide bonds. The molecule has 2 fully saturated rings. The molecule has 1 atom stereocenters. The number of carboxylic acids is 1. The largest absolute Gasteiger partial charge is 0.497 e. The second-order valence-corrected chi connectivity index (χ2v) is 13.1. The van der Waals surface area contributed by atoms with Crippen molar-refractivity contribution < 1.29 is 36.9 Å². The summed E-state index contributed by atoms with van der Waals surface area (Å²) in [6.07, 6.45) is 2.19. The van der Waals surface area contributed by atoms with Crippen molar-refractivity contribution in [1.29, 1.82) is 0 Å². The van der Waals surface area contributed by atoms with Crippen molar-refractivity contribution in [1.82, 2.24) is 14.8 Å². The fourth-order valence-electron chi connectivity index (χ4n) is 6.43. The number of nitrogens with zero attached hydrogens (tertiary/aromatic N) is 3. The van der Waals surface area contributed by atoms with Gasteiger partial charge in [0.1, 0.15) is 11.9 Å². The normalized spacial score (nSPS) is 18.2. The van der Waals surface area contributed by atoms with E-state index in [1.54, 1.807) is 19.4 Å². The number of carboxylic acid groups (broad SMARTS) is 1. The first-order valence-electron chi connectivity index (χ1n) is 15.3. The first-order valence-corrected chi connectivity index (χ1v) is 16.3. The molecule has 2 aliphatic heterocycles. The highest BCUT2D eigenvalue weighted by Gasteiger charge is 2.37. The SMILES string of the molecule is COc1ccc2ncc(CN3CCOCC3)c([C@H](F)CCC3(CC(=O)O)CCN(CCSc4cc(F)c(F)c(F)c4)CC3)c2c1. The van der Waals surface area contributed by atoms with Crippen LogP contribution in [0.4, 0.5) is 17.6 Å². The number of morpholine rings is 1. The number of fused-ring (bicyclic) bond motifs is 1. The number of likely N-dealkylation sites (tertiary alicyclic amines) is 1. The van der Waals surface area contributed by atoms with Crippen molar-refractivity contribution >= 4 is 28.6 Å². The molecule has 3 heterocycles. The maximum atomic E-state index is 16.5. The van der Waals surface area contributed by atoms with Gasteiger partial charge in [-0.05, 0) is 80.1 Å². The predicted molar refractivity (Wildman–Crippen MR) is 165 cm³/mol. The number of benzene rings is 2. The van der Waals surface area contributed by atoms with E-state index in [1.165, 1.54) is 11.8 Å². The van der Waals surface area contributed by atoms with Gasteiger partial charge in [0.2, 0.25) is 0 Å². The molecule has 12 heteroatoms. The number of piperidine rings is 1. The van der Waals surface area contributed by atoms with Crippen LogP contribution in [-0.2, 0) is 16.1 Å². The lowest BCUT2D eigenvalue weighted by Crippen LogP contribution is -2.42. The number of aliphatic carboxylic acids is 1. The molecule has 5 rings (SSSR count). The molecule has 0 unspecified atom stereocenters. The Bertz CT molecular complexity index is 1460. The van der Waals surface area contributed by atoms with Crippen LogP contribution in [0.2, 0.25) is 0 Å². The van der Waals surface area contributed by atoms with E-state index in [0.717, 1.165) is 30.8 Å². The molecular formula is C33H39F4N3O4S. The van der Waals surface area contributed by atoms with Crippen LogP contribution in [-0.4, -0.2) is 84.7 Å². The van der Waals surface area contributed by atoms with E-state index in [0.29, 0.717) is 91.5 Å². The Kier molecular flexibility index (Phi) is 11.2. The third-order valence-electron chi connectivity index (χ3n) is 9.01. The maximum absolute atomic E-state index is 16.5. The molecule has 45 heavy (non-hydrogen) atoms. The number of ether oxygens (including phenoxy) is 2. The van der Waals surface area contributed by atoms with Crippen molar-refractivity contribution in [2.75, 3.05) is 58.8 Å². The predicted octanol–water partition coefficient (Wildman–Crippen LogP) is 6.63. The number of rotatable bonds is 13. The Labute approximate surface area is 264 Å². The quantitative estimate of drug-likeness (QED) is 0.126. The van der Waals surface area contributed by atoms with E-state index in [2.05, 4.69) is 14.8 Å². The van der Waals surface area contributed by atoms with E-state index in [9.17, 15) is 23.1 Å². The van der Waals surface area contributed by atoms with Crippen molar-refractivity contribution in [3.63, 3.8) is 0 Å². The summed E-state index contributed by atoms with van der Waals surface area (Å²) in [5, 5.41) is 10.5. The lowest BCUT2D eigenvalue weighted by molar-refractivity contribution is -0.141. The van der Waals surface area contributed by atoms with Crippen LogP contribution >= 0.6 is 11.8 Å². The Morgan fingerprint density at radius 1 is 1.09 bits per heavy atom. The van der Waals surface area contributed by atoms with Crippen molar-refractivity contribution in [2.24, 2.45) is 5.41 Å². The number of hydrogen-bond acceptors (Lipinski definition) is 7. The minimum Gasteiger partial charge on any atom is -0.497 e. The van der Waals surface area contributed by atoms with Gasteiger partial charge < -0.3 is 19.5 Å². The Morgan fingerprint density at radius 2 is 1.80 bits per heavy atom. The first-order chi connectivity index (χ1) is 21.7. The number of aromatic nitrogens is 1. The number of hydrogen-bond donors (Lipinski definition) is 1. The van der Waals surface area contributed by atoms with Crippen LogP contribution in [0.1, 0.15) is 49.4 Å². The average molecular weight is 650 g/mol. The van der Waals surface area contributed by atoms with Crippen LogP contribution in [0.15, 0.2) is 41.4 Å². The fraction of sp³-hybridized carbons (Fsp3) is 0.515.